The number of amides is 1. The van der Waals surface area contributed by atoms with Crippen LogP contribution >= 0.6 is 0 Å². The summed E-state index contributed by atoms with van der Waals surface area (Å²) in [4.78, 5) is 21.3. The van der Waals surface area contributed by atoms with Gasteiger partial charge in [0.1, 0.15) is 25.1 Å². The number of benzene rings is 1. The molecule has 0 aliphatic carbocycles. The van der Waals surface area contributed by atoms with Crippen LogP contribution in [0.2, 0.25) is 0 Å². The Morgan fingerprint density at radius 3 is 3.04 bits per heavy atom. The van der Waals surface area contributed by atoms with Crippen LogP contribution in [0.25, 0.3) is 5.69 Å². The number of aromatic nitrogens is 6. The highest BCUT2D eigenvalue weighted by Crippen LogP contribution is 2.24. The van der Waals surface area contributed by atoms with Crippen LogP contribution in [0.4, 0.5) is 0 Å². The standard InChI is InChI=1S/C18H21N7O2/c1-12-8-13(25-11-19-10-20-25)5-6-14(12)18(26)21-15-4-3-7-24-17(15)22-16(23-24)9-27-2/h5-6,8,10-11,15H,3-4,7,9H2,1-2H3,(H,21,26). The van der Waals surface area contributed by atoms with Gasteiger partial charge in [0.25, 0.3) is 5.91 Å². The Labute approximate surface area is 156 Å². The average molecular weight is 367 g/mol. The van der Waals surface area contributed by atoms with Crippen molar-refractivity contribution in [2.75, 3.05) is 7.11 Å². The molecule has 1 aliphatic rings. The average Bonchev–Trinajstić information content (AvgIpc) is 3.31. The van der Waals surface area contributed by atoms with Gasteiger partial charge in [-0.05, 0) is 43.5 Å². The molecule has 0 bridgehead atoms. The molecule has 0 fully saturated rings. The van der Waals surface area contributed by atoms with Crippen molar-refractivity contribution in [1.82, 2.24) is 34.8 Å². The van der Waals surface area contributed by atoms with Crippen molar-refractivity contribution < 1.29 is 9.53 Å². The van der Waals surface area contributed by atoms with E-state index in [0.29, 0.717) is 18.0 Å². The van der Waals surface area contributed by atoms with Crippen LogP contribution in [0.3, 0.4) is 0 Å². The van der Waals surface area contributed by atoms with E-state index in [1.807, 2.05) is 29.8 Å². The van der Waals surface area contributed by atoms with Gasteiger partial charge in [-0.25, -0.2) is 19.3 Å². The topological polar surface area (TPSA) is 99.8 Å². The normalized spacial score (nSPS) is 16.1. The summed E-state index contributed by atoms with van der Waals surface area (Å²) in [6, 6.07) is 5.44. The van der Waals surface area contributed by atoms with E-state index in [-0.39, 0.29) is 11.9 Å². The van der Waals surface area contributed by atoms with Crippen LogP contribution in [0.5, 0.6) is 0 Å². The molecule has 27 heavy (non-hydrogen) atoms. The van der Waals surface area contributed by atoms with E-state index < -0.39 is 0 Å². The van der Waals surface area contributed by atoms with E-state index in [1.165, 1.54) is 6.33 Å². The summed E-state index contributed by atoms with van der Waals surface area (Å²) < 4.78 is 8.64. The molecule has 2 aromatic heterocycles. The van der Waals surface area contributed by atoms with Crippen LogP contribution in [0, 0.1) is 6.92 Å². The minimum atomic E-state index is -0.154. The van der Waals surface area contributed by atoms with Crippen molar-refractivity contribution >= 4 is 5.91 Å². The third-order valence-electron chi connectivity index (χ3n) is 4.64. The number of carbonyl (C=O) groups excluding carboxylic acids is 1. The maximum absolute atomic E-state index is 12.8. The van der Waals surface area contributed by atoms with Gasteiger partial charge in [-0.2, -0.15) is 10.2 Å². The maximum atomic E-state index is 12.8. The Hall–Kier alpha value is -3.07. The van der Waals surface area contributed by atoms with Crippen LogP contribution < -0.4 is 5.32 Å². The fourth-order valence-corrected chi connectivity index (χ4v) is 3.35. The molecular weight excluding hydrogens is 346 g/mol. The molecule has 1 unspecified atom stereocenters. The van der Waals surface area contributed by atoms with Gasteiger partial charge in [-0.1, -0.05) is 0 Å². The molecule has 9 nitrogen and oxygen atoms in total. The van der Waals surface area contributed by atoms with Gasteiger partial charge in [0.2, 0.25) is 0 Å². The summed E-state index contributed by atoms with van der Waals surface area (Å²) in [6.07, 6.45) is 4.89. The molecule has 4 rings (SSSR count). The summed E-state index contributed by atoms with van der Waals surface area (Å²) in [5, 5.41) is 11.7. The molecule has 9 heteroatoms. The van der Waals surface area contributed by atoms with Crippen LogP contribution in [-0.2, 0) is 17.9 Å². The predicted molar refractivity (Wildman–Crippen MR) is 96.3 cm³/mol. The Balaban J connectivity index is 1.53. The molecule has 0 spiro atoms. The number of methoxy groups -OCH3 is 1. The van der Waals surface area contributed by atoms with Gasteiger partial charge >= 0.3 is 0 Å². The second kappa shape index (κ2) is 7.28. The van der Waals surface area contributed by atoms with E-state index >= 15 is 0 Å². The van der Waals surface area contributed by atoms with E-state index in [4.69, 9.17) is 4.74 Å². The van der Waals surface area contributed by atoms with E-state index in [9.17, 15) is 4.79 Å². The van der Waals surface area contributed by atoms with Gasteiger partial charge < -0.3 is 10.1 Å². The number of carbonyl (C=O) groups is 1. The highest BCUT2D eigenvalue weighted by atomic mass is 16.5. The van der Waals surface area contributed by atoms with Gasteiger partial charge in [-0.3, -0.25) is 4.79 Å². The van der Waals surface area contributed by atoms with Crippen LogP contribution in [-0.4, -0.2) is 42.5 Å². The second-order valence-electron chi connectivity index (χ2n) is 6.55. The predicted octanol–water partition coefficient (Wildman–Crippen LogP) is 1.58. The lowest BCUT2D eigenvalue weighted by atomic mass is 10.0. The monoisotopic (exact) mass is 367 g/mol. The largest absolute Gasteiger partial charge is 0.377 e. The molecule has 1 atom stereocenters. The van der Waals surface area contributed by atoms with E-state index in [1.54, 1.807) is 18.1 Å². The minimum Gasteiger partial charge on any atom is -0.377 e. The molecule has 0 radical (unpaired) electrons. The number of hydrogen-bond acceptors (Lipinski definition) is 6. The lowest BCUT2D eigenvalue weighted by Gasteiger charge is -2.23. The zero-order valence-corrected chi connectivity index (χ0v) is 15.3. The zero-order valence-electron chi connectivity index (χ0n) is 15.3. The molecule has 1 N–H and O–H groups in total. The van der Waals surface area contributed by atoms with Crippen LogP contribution in [0.15, 0.2) is 30.9 Å². The molecule has 1 aliphatic heterocycles. The Kier molecular flexibility index (Phi) is 4.68. The van der Waals surface area contributed by atoms with Crippen molar-refractivity contribution in [3.8, 4) is 5.69 Å². The summed E-state index contributed by atoms with van der Waals surface area (Å²) in [7, 11) is 1.62. The molecule has 0 saturated carbocycles. The first kappa shape index (κ1) is 17.3. The van der Waals surface area contributed by atoms with Gasteiger partial charge in [-0.15, -0.1) is 0 Å². The summed E-state index contributed by atoms with van der Waals surface area (Å²) in [6.45, 7) is 3.09. The number of fused-ring (bicyclic) bond motifs is 1. The fraction of sp³-hybridized carbons (Fsp3) is 0.389. The number of nitrogens with one attached hydrogen (secondary N) is 1. The first-order valence-corrected chi connectivity index (χ1v) is 8.85. The third-order valence-corrected chi connectivity index (χ3v) is 4.64. The molecule has 1 aromatic carbocycles. The number of nitrogens with zero attached hydrogens (tertiary/aromatic N) is 6. The number of aryl methyl sites for hydroxylation is 2. The van der Waals surface area contributed by atoms with Crippen molar-refractivity contribution in [2.24, 2.45) is 0 Å². The van der Waals surface area contributed by atoms with Crippen molar-refractivity contribution in [3.63, 3.8) is 0 Å². The first-order chi connectivity index (χ1) is 13.2. The second-order valence-corrected chi connectivity index (χ2v) is 6.55. The molecule has 0 saturated heterocycles. The van der Waals surface area contributed by atoms with Gasteiger partial charge in [0.05, 0.1) is 11.7 Å². The lowest BCUT2D eigenvalue weighted by molar-refractivity contribution is 0.0926. The molecule has 3 heterocycles. The summed E-state index contributed by atoms with van der Waals surface area (Å²) in [5.41, 5.74) is 2.37. The van der Waals surface area contributed by atoms with Crippen LogP contribution in [0.1, 0.15) is 46.5 Å². The Morgan fingerprint density at radius 1 is 1.41 bits per heavy atom. The number of rotatable bonds is 5. The van der Waals surface area contributed by atoms with E-state index in [0.717, 1.165) is 36.5 Å². The third kappa shape index (κ3) is 3.45. The quantitative estimate of drug-likeness (QED) is 0.735. The lowest BCUT2D eigenvalue weighted by Crippen LogP contribution is -2.33. The zero-order chi connectivity index (χ0) is 18.8. The highest BCUT2D eigenvalue weighted by molar-refractivity contribution is 5.96. The molecule has 3 aromatic rings. The highest BCUT2D eigenvalue weighted by Gasteiger charge is 2.26. The number of ether oxygens (including phenoxy) is 1. The van der Waals surface area contributed by atoms with Gasteiger partial charge in [0.15, 0.2) is 5.82 Å². The smallest absolute Gasteiger partial charge is 0.252 e. The fourth-order valence-electron chi connectivity index (χ4n) is 3.35. The summed E-state index contributed by atoms with van der Waals surface area (Å²) in [5.74, 6) is 1.31. The Morgan fingerprint density at radius 2 is 2.30 bits per heavy atom. The summed E-state index contributed by atoms with van der Waals surface area (Å²) >= 11 is 0. The number of hydrogen-bond donors (Lipinski definition) is 1. The first-order valence-electron chi connectivity index (χ1n) is 8.85. The molecule has 1 amide bonds. The van der Waals surface area contributed by atoms with Crippen molar-refractivity contribution in [2.45, 2.75) is 39.0 Å². The van der Waals surface area contributed by atoms with E-state index in [2.05, 4.69) is 25.5 Å². The minimum absolute atomic E-state index is 0.118. The molecular formula is C18H21N7O2. The van der Waals surface area contributed by atoms with Gasteiger partial charge in [0, 0.05) is 19.2 Å². The maximum Gasteiger partial charge on any atom is 0.252 e. The Bertz CT molecular complexity index is 949. The van der Waals surface area contributed by atoms with Crippen molar-refractivity contribution in [1.29, 1.82) is 0 Å². The van der Waals surface area contributed by atoms with Crippen molar-refractivity contribution in [3.05, 3.63) is 53.6 Å². The molecule has 140 valence electrons. The SMILES string of the molecule is COCc1nc2n(n1)CCCC2NC(=O)c1ccc(-n2cncn2)cc1C.